The summed E-state index contributed by atoms with van der Waals surface area (Å²) in [6.45, 7) is 2.57. The molecule has 2 aromatic carbocycles. The zero-order chi connectivity index (χ0) is 18.8. The van der Waals surface area contributed by atoms with Gasteiger partial charge in [0.25, 0.3) is 0 Å². The van der Waals surface area contributed by atoms with Crippen molar-refractivity contribution in [1.29, 1.82) is 0 Å². The zero-order valence-corrected chi connectivity index (χ0v) is 14.8. The van der Waals surface area contributed by atoms with Crippen LogP contribution in [0.4, 0.5) is 5.69 Å². The molecule has 4 rings (SSSR count). The minimum Gasteiger partial charge on any atom is -0.478 e. The van der Waals surface area contributed by atoms with Crippen LogP contribution in [0, 0.1) is 6.92 Å². The van der Waals surface area contributed by atoms with Crippen LogP contribution in [0.5, 0.6) is 0 Å². The number of carboxylic acids is 1. The van der Waals surface area contributed by atoms with Gasteiger partial charge in [-0.3, -0.25) is 0 Å². The Hall–Kier alpha value is -3.67. The van der Waals surface area contributed by atoms with E-state index >= 15 is 0 Å². The lowest BCUT2D eigenvalue weighted by Gasteiger charge is -2.11. The minimum atomic E-state index is -0.927. The van der Waals surface area contributed by atoms with E-state index in [2.05, 4.69) is 15.4 Å². The van der Waals surface area contributed by atoms with Gasteiger partial charge in [-0.05, 0) is 42.3 Å². The van der Waals surface area contributed by atoms with E-state index < -0.39 is 5.97 Å². The first-order chi connectivity index (χ1) is 13.1. The fourth-order valence-corrected chi connectivity index (χ4v) is 3.13. The largest absolute Gasteiger partial charge is 0.478 e. The second-order valence-corrected chi connectivity index (χ2v) is 6.27. The lowest BCUT2D eigenvalue weighted by atomic mass is 9.99. The van der Waals surface area contributed by atoms with Crippen LogP contribution in [0.3, 0.4) is 0 Å². The Morgan fingerprint density at radius 2 is 1.89 bits per heavy atom. The molecule has 0 aliphatic rings. The molecule has 2 N–H and O–H groups in total. The van der Waals surface area contributed by atoms with Crippen LogP contribution in [0.15, 0.2) is 66.9 Å². The van der Waals surface area contributed by atoms with Crippen LogP contribution in [0.25, 0.3) is 16.8 Å². The van der Waals surface area contributed by atoms with E-state index in [1.807, 2.05) is 60.0 Å². The van der Waals surface area contributed by atoms with E-state index in [-0.39, 0.29) is 0 Å². The number of rotatable bonds is 5. The van der Waals surface area contributed by atoms with Crippen LogP contribution in [-0.4, -0.2) is 25.7 Å². The van der Waals surface area contributed by atoms with E-state index in [0.29, 0.717) is 17.7 Å². The summed E-state index contributed by atoms with van der Waals surface area (Å²) in [6, 6.07) is 18.6. The number of nitrogens with one attached hydrogen (secondary N) is 1. The van der Waals surface area contributed by atoms with Crippen molar-refractivity contribution in [3.63, 3.8) is 0 Å². The van der Waals surface area contributed by atoms with Crippen molar-refractivity contribution in [2.75, 3.05) is 5.32 Å². The van der Waals surface area contributed by atoms with Crippen molar-refractivity contribution in [3.05, 3.63) is 83.8 Å². The van der Waals surface area contributed by atoms with Crippen LogP contribution >= 0.6 is 0 Å². The third-order valence-corrected chi connectivity index (χ3v) is 4.39. The van der Waals surface area contributed by atoms with E-state index in [1.54, 1.807) is 18.3 Å². The summed E-state index contributed by atoms with van der Waals surface area (Å²) >= 11 is 0. The number of benzene rings is 2. The number of anilines is 1. The van der Waals surface area contributed by atoms with Gasteiger partial charge in [-0.25, -0.2) is 14.3 Å². The van der Waals surface area contributed by atoms with Gasteiger partial charge in [-0.15, -0.1) is 0 Å². The highest BCUT2D eigenvalue weighted by atomic mass is 16.4. The molecule has 6 nitrogen and oxygen atoms in total. The molecule has 0 fully saturated rings. The molecule has 134 valence electrons. The summed E-state index contributed by atoms with van der Waals surface area (Å²) in [5.41, 5.74) is 5.61. The Morgan fingerprint density at radius 1 is 1.11 bits per heavy atom. The molecule has 0 radical (unpaired) electrons. The number of aromatic carboxylic acids is 1. The van der Waals surface area contributed by atoms with Crippen LogP contribution in [-0.2, 0) is 6.54 Å². The zero-order valence-electron chi connectivity index (χ0n) is 14.8. The highest BCUT2D eigenvalue weighted by molar-refractivity contribution is 5.96. The number of carboxylic acid groups (broad SMARTS) is 1. The van der Waals surface area contributed by atoms with Gasteiger partial charge >= 0.3 is 5.97 Å². The quantitative estimate of drug-likeness (QED) is 0.563. The summed E-state index contributed by atoms with van der Waals surface area (Å²) in [4.78, 5) is 15.9. The lowest BCUT2D eigenvalue weighted by Crippen LogP contribution is -2.07. The molecule has 0 aliphatic carbocycles. The fourth-order valence-electron chi connectivity index (χ4n) is 3.13. The Labute approximate surface area is 156 Å². The van der Waals surface area contributed by atoms with Gasteiger partial charge in [0.05, 0.1) is 24.0 Å². The van der Waals surface area contributed by atoms with Crippen LogP contribution < -0.4 is 5.32 Å². The molecule has 27 heavy (non-hydrogen) atoms. The van der Waals surface area contributed by atoms with Crippen LogP contribution in [0.1, 0.15) is 21.7 Å². The smallest absolute Gasteiger partial charge is 0.336 e. The summed E-state index contributed by atoms with van der Waals surface area (Å²) in [5, 5.41) is 17.0. The van der Waals surface area contributed by atoms with Gasteiger partial charge in [0.2, 0.25) is 0 Å². The monoisotopic (exact) mass is 358 g/mol. The molecule has 0 saturated carbocycles. The van der Waals surface area contributed by atoms with E-state index in [0.717, 1.165) is 28.3 Å². The Kier molecular flexibility index (Phi) is 4.30. The molecule has 0 unspecified atom stereocenters. The topological polar surface area (TPSA) is 79.5 Å². The second-order valence-electron chi connectivity index (χ2n) is 6.27. The number of fused-ring (bicyclic) bond motifs is 1. The first kappa shape index (κ1) is 16.8. The van der Waals surface area contributed by atoms with Crippen LogP contribution in [0.2, 0.25) is 0 Å². The molecular formula is C21H18N4O2. The molecule has 0 aliphatic heterocycles. The van der Waals surface area contributed by atoms with Crippen molar-refractivity contribution in [1.82, 2.24) is 14.6 Å². The fraction of sp³-hybridized carbons (Fsp3) is 0.0952. The Morgan fingerprint density at radius 3 is 2.67 bits per heavy atom. The number of hydrogen-bond donors (Lipinski definition) is 2. The normalized spacial score (nSPS) is 10.9. The van der Waals surface area contributed by atoms with E-state index in [1.165, 1.54) is 0 Å². The molecule has 0 bridgehead atoms. The molecular weight excluding hydrogens is 340 g/mol. The first-order valence-electron chi connectivity index (χ1n) is 8.59. The second kappa shape index (κ2) is 6.92. The maximum Gasteiger partial charge on any atom is 0.336 e. The average Bonchev–Trinajstić information content (AvgIpc) is 3.15. The molecule has 4 aromatic rings. The van der Waals surface area contributed by atoms with Gasteiger partial charge in [0.1, 0.15) is 0 Å². The van der Waals surface area contributed by atoms with Crippen molar-refractivity contribution < 1.29 is 9.90 Å². The van der Waals surface area contributed by atoms with Gasteiger partial charge < -0.3 is 10.4 Å². The minimum absolute atomic E-state index is 0.298. The summed E-state index contributed by atoms with van der Waals surface area (Å²) in [7, 11) is 0. The lowest BCUT2D eigenvalue weighted by molar-refractivity contribution is 0.0697. The summed E-state index contributed by atoms with van der Waals surface area (Å²) < 4.78 is 1.82. The highest BCUT2D eigenvalue weighted by Crippen LogP contribution is 2.25. The summed E-state index contributed by atoms with van der Waals surface area (Å²) in [6.07, 6.45) is 1.74. The van der Waals surface area contributed by atoms with E-state index in [9.17, 15) is 9.90 Å². The summed E-state index contributed by atoms with van der Waals surface area (Å²) in [5.74, 6) is -0.927. The number of aryl methyl sites for hydroxylation is 1. The predicted molar refractivity (Wildman–Crippen MR) is 104 cm³/mol. The third-order valence-electron chi connectivity index (χ3n) is 4.39. The number of carbonyl (C=O) groups is 1. The Bertz CT molecular complexity index is 1120. The molecule has 0 saturated heterocycles. The standard InChI is InChI=1S/C21H18N4O2/c1-14-12-17(25-20(24-14)10-11-23-25)13-22-16-8-6-15(7-9-16)18-4-2-3-5-19(18)21(26)27/h2-12,22H,13H2,1H3,(H,26,27). The van der Waals surface area contributed by atoms with Crippen molar-refractivity contribution in [3.8, 4) is 11.1 Å². The molecule has 6 heteroatoms. The van der Waals surface area contributed by atoms with Crippen molar-refractivity contribution >= 4 is 17.3 Å². The molecule has 0 atom stereocenters. The highest BCUT2D eigenvalue weighted by Gasteiger charge is 2.10. The predicted octanol–water partition coefficient (Wildman–Crippen LogP) is 4.02. The van der Waals surface area contributed by atoms with Crippen molar-refractivity contribution in [2.45, 2.75) is 13.5 Å². The molecule has 2 aromatic heterocycles. The van der Waals surface area contributed by atoms with Crippen molar-refractivity contribution in [2.24, 2.45) is 0 Å². The SMILES string of the molecule is Cc1cc(CNc2ccc(-c3ccccc3C(=O)O)cc2)n2nccc2n1. The number of aromatic nitrogens is 3. The number of nitrogens with zero attached hydrogens (tertiary/aromatic N) is 3. The molecule has 2 heterocycles. The van der Waals surface area contributed by atoms with E-state index in [4.69, 9.17) is 0 Å². The van der Waals surface area contributed by atoms with Gasteiger partial charge in [0.15, 0.2) is 5.65 Å². The number of hydrogen-bond acceptors (Lipinski definition) is 4. The van der Waals surface area contributed by atoms with Gasteiger partial charge in [0, 0.05) is 17.4 Å². The maximum absolute atomic E-state index is 11.4. The van der Waals surface area contributed by atoms with Gasteiger partial charge in [-0.1, -0.05) is 30.3 Å². The first-order valence-corrected chi connectivity index (χ1v) is 8.59. The third kappa shape index (κ3) is 3.37. The maximum atomic E-state index is 11.4. The average molecular weight is 358 g/mol. The Balaban J connectivity index is 1.55. The molecule has 0 amide bonds. The molecule has 0 spiro atoms. The van der Waals surface area contributed by atoms with Gasteiger partial charge in [-0.2, -0.15) is 5.10 Å².